The molecule has 30 heavy (non-hydrogen) atoms. The normalized spacial score (nSPS) is 11.1. The predicted molar refractivity (Wildman–Crippen MR) is 113 cm³/mol. The number of methoxy groups -OCH3 is 1. The van der Waals surface area contributed by atoms with Gasteiger partial charge in [0.15, 0.2) is 0 Å². The second kappa shape index (κ2) is 7.31. The molecule has 8 nitrogen and oxygen atoms in total. The van der Waals surface area contributed by atoms with Crippen LogP contribution in [0.25, 0.3) is 16.6 Å². The van der Waals surface area contributed by atoms with Crippen molar-refractivity contribution in [2.45, 2.75) is 13.8 Å². The Hall–Kier alpha value is -3.65. The molecule has 0 saturated carbocycles. The predicted octanol–water partition coefficient (Wildman–Crippen LogP) is 4.70. The molecule has 0 spiro atoms. The van der Waals surface area contributed by atoms with Crippen LogP contribution in [0.2, 0.25) is 5.02 Å². The number of imidazole rings is 1. The summed E-state index contributed by atoms with van der Waals surface area (Å²) in [6.07, 6.45) is 1.35. The molecule has 0 atom stereocenters. The van der Waals surface area contributed by atoms with Gasteiger partial charge in [0.1, 0.15) is 11.9 Å². The average molecular weight is 425 g/mol. The van der Waals surface area contributed by atoms with E-state index in [-0.39, 0.29) is 11.7 Å². The third-order valence-electron chi connectivity index (χ3n) is 4.97. The number of carbonyl (C=O) groups excluding carboxylic acids is 1. The van der Waals surface area contributed by atoms with E-state index in [0.717, 1.165) is 0 Å². The summed E-state index contributed by atoms with van der Waals surface area (Å²) in [6.45, 7) is 3.47. The fraction of sp³-hybridized carbons (Fsp3) is 0.143. The molecule has 9 heteroatoms. The van der Waals surface area contributed by atoms with Crippen LogP contribution < -0.4 is 4.74 Å². The number of aryl methyl sites for hydroxylation is 1. The maximum atomic E-state index is 13.3. The zero-order chi connectivity index (χ0) is 21.6. The number of nitro groups is 1. The smallest absolute Gasteiger partial charge is 0.382 e. The zero-order valence-electron chi connectivity index (χ0n) is 16.4. The Bertz CT molecular complexity index is 1310. The highest BCUT2D eigenvalue weighted by Gasteiger charge is 2.25. The quantitative estimate of drug-likeness (QED) is 0.349. The average Bonchev–Trinajstić information content (AvgIpc) is 3.24. The van der Waals surface area contributed by atoms with Gasteiger partial charge in [0.25, 0.3) is 5.91 Å². The molecule has 0 N–H and O–H groups in total. The Morgan fingerprint density at radius 1 is 1.17 bits per heavy atom. The largest absolute Gasteiger partial charge is 0.497 e. The van der Waals surface area contributed by atoms with Gasteiger partial charge in [0, 0.05) is 28.6 Å². The maximum absolute atomic E-state index is 13.3. The van der Waals surface area contributed by atoms with E-state index in [1.54, 1.807) is 72.6 Å². The molecule has 2 heterocycles. The highest BCUT2D eigenvalue weighted by atomic mass is 35.5. The lowest BCUT2D eigenvalue weighted by Gasteiger charge is -2.08. The van der Waals surface area contributed by atoms with E-state index < -0.39 is 4.92 Å². The second-order valence-corrected chi connectivity index (χ2v) is 7.17. The van der Waals surface area contributed by atoms with Gasteiger partial charge in [0.05, 0.1) is 18.3 Å². The molecule has 4 aromatic rings. The number of carbonyl (C=O) groups is 1. The van der Waals surface area contributed by atoms with E-state index in [4.69, 9.17) is 16.3 Å². The minimum atomic E-state index is -0.544. The van der Waals surface area contributed by atoms with E-state index >= 15 is 0 Å². The van der Waals surface area contributed by atoms with Gasteiger partial charge in [-0.2, -0.15) is 0 Å². The van der Waals surface area contributed by atoms with E-state index in [0.29, 0.717) is 44.4 Å². The van der Waals surface area contributed by atoms with Crippen LogP contribution in [0.15, 0.2) is 48.7 Å². The van der Waals surface area contributed by atoms with E-state index in [1.807, 2.05) is 0 Å². The Labute approximate surface area is 176 Å². The first-order valence-electron chi connectivity index (χ1n) is 9.02. The van der Waals surface area contributed by atoms with Crippen LogP contribution in [0.4, 0.5) is 5.82 Å². The lowest BCUT2D eigenvalue weighted by Crippen LogP contribution is -2.14. The third kappa shape index (κ3) is 3.11. The molecule has 0 fully saturated rings. The Balaban J connectivity index is 2.01. The van der Waals surface area contributed by atoms with Crippen LogP contribution in [-0.2, 0) is 0 Å². The minimum Gasteiger partial charge on any atom is -0.497 e. The van der Waals surface area contributed by atoms with Gasteiger partial charge in [0.2, 0.25) is 5.82 Å². The number of nitrogens with zero attached hydrogens (tertiary/aromatic N) is 4. The van der Waals surface area contributed by atoms with Crippen molar-refractivity contribution in [3.63, 3.8) is 0 Å². The van der Waals surface area contributed by atoms with Gasteiger partial charge < -0.3 is 14.9 Å². The van der Waals surface area contributed by atoms with Crippen LogP contribution in [0.5, 0.6) is 5.75 Å². The molecule has 0 unspecified atom stereocenters. The maximum Gasteiger partial charge on any atom is 0.382 e. The first-order valence-corrected chi connectivity index (χ1v) is 9.39. The molecule has 0 aliphatic rings. The van der Waals surface area contributed by atoms with Crippen LogP contribution in [0, 0.1) is 24.0 Å². The summed E-state index contributed by atoms with van der Waals surface area (Å²) >= 11 is 5.95. The Morgan fingerprint density at radius 3 is 2.47 bits per heavy atom. The number of ether oxygens (including phenoxy) is 1. The van der Waals surface area contributed by atoms with Crippen LogP contribution >= 0.6 is 11.6 Å². The third-order valence-corrected chi connectivity index (χ3v) is 5.22. The zero-order valence-corrected chi connectivity index (χ0v) is 17.2. The van der Waals surface area contributed by atoms with Gasteiger partial charge >= 0.3 is 5.82 Å². The first kappa shape index (κ1) is 19.7. The van der Waals surface area contributed by atoms with E-state index in [9.17, 15) is 14.9 Å². The summed E-state index contributed by atoms with van der Waals surface area (Å²) in [5.74, 6) is 0.537. The molecule has 0 amide bonds. The van der Waals surface area contributed by atoms with Crippen molar-refractivity contribution in [3.8, 4) is 11.4 Å². The van der Waals surface area contributed by atoms with E-state index in [2.05, 4.69) is 4.98 Å². The van der Waals surface area contributed by atoms with E-state index in [1.165, 1.54) is 6.20 Å². The van der Waals surface area contributed by atoms with Crippen molar-refractivity contribution in [1.82, 2.24) is 14.1 Å². The summed E-state index contributed by atoms with van der Waals surface area (Å²) in [7, 11) is 1.55. The number of hydrogen-bond acceptors (Lipinski definition) is 5. The molecule has 152 valence electrons. The Kier molecular flexibility index (Phi) is 4.79. The van der Waals surface area contributed by atoms with Crippen molar-refractivity contribution in [1.29, 1.82) is 0 Å². The second-order valence-electron chi connectivity index (χ2n) is 6.74. The fourth-order valence-electron chi connectivity index (χ4n) is 3.57. The number of hydrogen-bond donors (Lipinski definition) is 0. The molecule has 2 aromatic heterocycles. The molecular formula is C21H17ClN4O4. The topological polar surface area (TPSA) is 92.2 Å². The number of fused-ring (bicyclic) bond motifs is 1. The molecule has 0 bridgehead atoms. The molecule has 0 saturated heterocycles. The van der Waals surface area contributed by atoms with Crippen LogP contribution in [0.1, 0.15) is 21.9 Å². The number of halogens is 1. The minimum absolute atomic E-state index is 0.238. The monoisotopic (exact) mass is 424 g/mol. The summed E-state index contributed by atoms with van der Waals surface area (Å²) in [5, 5.41) is 12.5. The number of rotatable bonds is 4. The summed E-state index contributed by atoms with van der Waals surface area (Å²) in [5.41, 5.74) is 2.37. The lowest BCUT2D eigenvalue weighted by atomic mass is 10.2. The fourth-order valence-corrected chi connectivity index (χ4v) is 3.69. The molecule has 2 aromatic carbocycles. The van der Waals surface area contributed by atoms with Crippen molar-refractivity contribution in [2.75, 3.05) is 7.11 Å². The van der Waals surface area contributed by atoms with Crippen molar-refractivity contribution in [3.05, 3.63) is 80.9 Å². The summed E-state index contributed by atoms with van der Waals surface area (Å²) in [6, 6.07) is 12.0. The van der Waals surface area contributed by atoms with Gasteiger partial charge in [-0.3, -0.25) is 13.9 Å². The first-order chi connectivity index (χ1) is 14.3. The molecule has 0 aliphatic carbocycles. The van der Waals surface area contributed by atoms with Crippen LogP contribution in [-0.4, -0.2) is 32.1 Å². The van der Waals surface area contributed by atoms with Gasteiger partial charge in [-0.25, -0.2) is 0 Å². The summed E-state index contributed by atoms with van der Waals surface area (Å²) < 4.78 is 8.56. The van der Waals surface area contributed by atoms with Gasteiger partial charge in [-0.15, -0.1) is 0 Å². The van der Waals surface area contributed by atoms with Crippen molar-refractivity contribution >= 4 is 34.2 Å². The highest BCUT2D eigenvalue weighted by molar-refractivity contribution is 6.30. The number of aromatic nitrogens is 3. The highest BCUT2D eigenvalue weighted by Crippen LogP contribution is 2.34. The van der Waals surface area contributed by atoms with Gasteiger partial charge in [-0.1, -0.05) is 11.6 Å². The van der Waals surface area contributed by atoms with Crippen molar-refractivity contribution in [2.24, 2.45) is 0 Å². The molecule has 4 rings (SSSR count). The summed E-state index contributed by atoms with van der Waals surface area (Å²) in [4.78, 5) is 28.0. The van der Waals surface area contributed by atoms with Crippen molar-refractivity contribution < 1.29 is 14.5 Å². The molecular weight excluding hydrogens is 408 g/mol. The molecule has 0 aliphatic heterocycles. The van der Waals surface area contributed by atoms with Crippen LogP contribution in [0.3, 0.4) is 0 Å². The Morgan fingerprint density at radius 2 is 1.87 bits per heavy atom. The van der Waals surface area contributed by atoms with Gasteiger partial charge in [-0.05, 0) is 59.3 Å². The molecule has 0 radical (unpaired) electrons. The SMILES string of the molecule is COc1ccc2c(c1)c(-n1cc([N+](=O)[O-])nc1C)c(C)n2C(=O)c1ccc(Cl)cc1. The lowest BCUT2D eigenvalue weighted by molar-refractivity contribution is -0.389. The number of benzene rings is 2. The standard InChI is InChI=1S/C21H17ClN4O4/c1-12-20(24-11-19(26(28)29)23-13(24)2)17-10-16(30-3)8-9-18(17)25(12)21(27)14-4-6-15(22)7-5-14/h4-11H,1-3H3.